The lowest BCUT2D eigenvalue weighted by Gasteiger charge is -2.61. The summed E-state index contributed by atoms with van der Waals surface area (Å²) >= 11 is 0. The molecule has 0 aromatic heterocycles. The average molecular weight is 610 g/mol. The minimum atomic E-state index is -1.48. The molecule has 4 aliphatic carbocycles. The van der Waals surface area contributed by atoms with E-state index in [2.05, 4.69) is 26.1 Å². The molecule has 3 heterocycles. The van der Waals surface area contributed by atoms with Gasteiger partial charge in [-0.05, 0) is 104 Å². The fourth-order valence-electron chi connectivity index (χ4n) is 12.0. The summed E-state index contributed by atoms with van der Waals surface area (Å²) in [5, 5.41) is 65.5. The number of hydrogen-bond acceptors (Lipinski definition) is 10. The van der Waals surface area contributed by atoms with E-state index in [1.807, 2.05) is 0 Å². The summed E-state index contributed by atoms with van der Waals surface area (Å²) in [6.07, 6.45) is 2.39. The summed E-state index contributed by atoms with van der Waals surface area (Å²) in [7, 11) is 0. The molecule has 10 nitrogen and oxygen atoms in total. The molecule has 7 fully saturated rings. The number of piperidine rings is 1. The lowest BCUT2D eigenvalue weighted by atomic mass is 9.44. The normalized spacial score (nSPS) is 59.8. The van der Waals surface area contributed by atoms with Crippen molar-refractivity contribution >= 4 is 0 Å². The van der Waals surface area contributed by atoms with E-state index in [9.17, 15) is 30.6 Å². The first-order valence-corrected chi connectivity index (χ1v) is 17.1. The van der Waals surface area contributed by atoms with Gasteiger partial charge in [0.25, 0.3) is 0 Å². The van der Waals surface area contributed by atoms with E-state index in [1.54, 1.807) is 0 Å². The van der Waals surface area contributed by atoms with E-state index in [4.69, 9.17) is 14.2 Å². The fourth-order valence-corrected chi connectivity index (χ4v) is 12.0. The number of rotatable bonds is 4. The molecule has 0 amide bonds. The van der Waals surface area contributed by atoms with Crippen LogP contribution in [0.3, 0.4) is 0 Å². The van der Waals surface area contributed by atoms with Crippen molar-refractivity contribution in [2.75, 3.05) is 19.8 Å². The van der Waals surface area contributed by atoms with Crippen LogP contribution in [0.25, 0.3) is 0 Å². The van der Waals surface area contributed by atoms with Gasteiger partial charge in [-0.15, -0.1) is 0 Å². The molecular formula is C33H55NO9. The Morgan fingerprint density at radius 3 is 2.37 bits per heavy atom. The number of aliphatic hydroxyl groups excluding tert-OH is 6. The highest BCUT2D eigenvalue weighted by Crippen LogP contribution is 2.71. The lowest BCUT2D eigenvalue weighted by molar-refractivity contribution is -0.304. The first-order chi connectivity index (χ1) is 20.4. The third kappa shape index (κ3) is 4.64. The fraction of sp³-hybridized carbons (Fsp3) is 1.00. The molecule has 43 heavy (non-hydrogen) atoms. The second-order valence-electron chi connectivity index (χ2n) is 16.2. The van der Waals surface area contributed by atoms with Crippen LogP contribution in [0.4, 0.5) is 0 Å². The highest BCUT2D eigenvalue weighted by Gasteiger charge is 2.70. The summed E-state index contributed by atoms with van der Waals surface area (Å²) in [5.41, 5.74) is -0.248. The van der Waals surface area contributed by atoms with Crippen LogP contribution in [0.1, 0.15) is 78.6 Å². The van der Waals surface area contributed by atoms with Gasteiger partial charge < -0.3 is 44.8 Å². The van der Waals surface area contributed by atoms with Crippen molar-refractivity contribution in [3.05, 3.63) is 0 Å². The predicted octanol–water partition coefficient (Wildman–Crippen LogP) is 1.13. The van der Waals surface area contributed by atoms with Gasteiger partial charge in [-0.2, -0.15) is 0 Å². The number of nitrogens with one attached hydrogen (secondary N) is 1. The van der Waals surface area contributed by atoms with Crippen LogP contribution in [0.5, 0.6) is 0 Å². The average Bonchev–Trinajstić information content (AvgIpc) is 3.44. The van der Waals surface area contributed by atoms with E-state index in [0.717, 1.165) is 37.5 Å². The number of fused-ring (bicyclic) bond motifs is 7. The van der Waals surface area contributed by atoms with Gasteiger partial charge in [-0.25, -0.2) is 0 Å². The molecule has 18 atom stereocenters. The Labute approximate surface area is 255 Å². The van der Waals surface area contributed by atoms with Crippen LogP contribution >= 0.6 is 0 Å². The Hall–Kier alpha value is -0.400. The maximum atomic E-state index is 11.6. The van der Waals surface area contributed by atoms with E-state index in [-0.39, 0.29) is 36.1 Å². The van der Waals surface area contributed by atoms with Gasteiger partial charge in [0.1, 0.15) is 30.1 Å². The summed E-state index contributed by atoms with van der Waals surface area (Å²) < 4.78 is 18.3. The van der Waals surface area contributed by atoms with E-state index < -0.39 is 49.1 Å². The third-order valence-corrected chi connectivity index (χ3v) is 14.3. The lowest BCUT2D eigenvalue weighted by Crippen LogP contribution is -2.65. The number of aliphatic hydroxyl groups is 6. The van der Waals surface area contributed by atoms with Crippen LogP contribution in [-0.2, 0) is 14.2 Å². The summed E-state index contributed by atoms with van der Waals surface area (Å²) in [6, 6.07) is 0. The molecule has 3 aliphatic heterocycles. The van der Waals surface area contributed by atoms with Crippen molar-refractivity contribution in [1.82, 2.24) is 5.32 Å². The van der Waals surface area contributed by atoms with Crippen molar-refractivity contribution in [2.24, 2.45) is 52.3 Å². The smallest absolute Gasteiger partial charge is 0.186 e. The van der Waals surface area contributed by atoms with Crippen molar-refractivity contribution in [1.29, 1.82) is 0 Å². The SMILES string of the molecule is C[C@H]1[C@H]2[C@H](C[C@H]3[C@@H]4CC[C@H]5C[C@@H](O)CC[C@]5(C)[C@H]4CC[C@]23C)O[C@@]12NC[C@@H](CO[C@@H]1O[C@H](CO)[C@@H](O)[C@H](O)[C@H]1O)C[C@@H]2O. The summed E-state index contributed by atoms with van der Waals surface area (Å²) in [6.45, 7) is 7.58. The largest absolute Gasteiger partial charge is 0.394 e. The van der Waals surface area contributed by atoms with Crippen molar-refractivity contribution < 1.29 is 44.8 Å². The highest BCUT2D eigenvalue weighted by molar-refractivity contribution is 5.17. The second-order valence-corrected chi connectivity index (χ2v) is 16.2. The Morgan fingerprint density at radius 2 is 1.63 bits per heavy atom. The van der Waals surface area contributed by atoms with Crippen LogP contribution < -0.4 is 5.32 Å². The van der Waals surface area contributed by atoms with Crippen molar-refractivity contribution in [3.8, 4) is 0 Å². The topological polar surface area (TPSA) is 161 Å². The number of ether oxygens (including phenoxy) is 3. The minimum absolute atomic E-state index is 0.0621. The molecule has 7 aliphatic rings. The van der Waals surface area contributed by atoms with Crippen LogP contribution in [0.2, 0.25) is 0 Å². The Balaban J connectivity index is 0.999. The second kappa shape index (κ2) is 11.1. The van der Waals surface area contributed by atoms with Gasteiger partial charge >= 0.3 is 0 Å². The maximum absolute atomic E-state index is 11.6. The molecule has 0 radical (unpaired) electrons. The highest BCUT2D eigenvalue weighted by atomic mass is 16.7. The van der Waals surface area contributed by atoms with Gasteiger partial charge in [0, 0.05) is 12.5 Å². The predicted molar refractivity (Wildman–Crippen MR) is 155 cm³/mol. The Bertz CT molecular complexity index is 1030. The van der Waals surface area contributed by atoms with Gasteiger partial charge in [-0.3, -0.25) is 5.32 Å². The quantitative estimate of drug-likeness (QED) is 0.246. The molecule has 1 spiro atoms. The van der Waals surface area contributed by atoms with E-state index >= 15 is 0 Å². The standard InChI is InChI=1S/C33H55NO9/c1-16-26-23(12-22-20-5-4-18-11-19(36)6-8-31(18,2)21(20)7-9-32(22,26)3)43-33(16)25(37)10-17(13-34-33)15-41-30-29(40)28(39)27(38)24(14-35)42-30/h16-30,34-40H,4-15H2,1-3H3/t16-,17-,18-,19-,20+,21-,22-,23-,24+,25-,26-,27+,28-,29+,30+,31-,32-,33-/m0/s1. The summed E-state index contributed by atoms with van der Waals surface area (Å²) in [5.74, 6) is 3.24. The third-order valence-electron chi connectivity index (χ3n) is 14.3. The van der Waals surface area contributed by atoms with Gasteiger partial charge in [0.2, 0.25) is 0 Å². The van der Waals surface area contributed by atoms with Gasteiger partial charge in [0.15, 0.2) is 6.29 Å². The summed E-state index contributed by atoms with van der Waals surface area (Å²) in [4.78, 5) is 0. The maximum Gasteiger partial charge on any atom is 0.186 e. The molecule has 0 aromatic rings. The molecule has 246 valence electrons. The van der Waals surface area contributed by atoms with Crippen LogP contribution in [0, 0.1) is 52.3 Å². The monoisotopic (exact) mass is 609 g/mol. The Morgan fingerprint density at radius 1 is 0.860 bits per heavy atom. The minimum Gasteiger partial charge on any atom is -0.394 e. The van der Waals surface area contributed by atoms with E-state index in [0.29, 0.717) is 36.1 Å². The molecule has 7 N–H and O–H groups in total. The molecule has 4 saturated carbocycles. The van der Waals surface area contributed by atoms with Gasteiger partial charge in [-0.1, -0.05) is 20.8 Å². The molecular weight excluding hydrogens is 554 g/mol. The molecule has 0 bridgehead atoms. The van der Waals surface area contributed by atoms with Crippen molar-refractivity contribution in [2.45, 2.75) is 133 Å². The molecule has 7 rings (SSSR count). The Kier molecular flexibility index (Phi) is 8.06. The van der Waals surface area contributed by atoms with Gasteiger partial charge in [0.05, 0.1) is 31.5 Å². The first-order valence-electron chi connectivity index (χ1n) is 17.1. The van der Waals surface area contributed by atoms with E-state index in [1.165, 1.54) is 25.7 Å². The number of hydrogen-bond donors (Lipinski definition) is 7. The zero-order valence-electron chi connectivity index (χ0n) is 26.1. The van der Waals surface area contributed by atoms with Crippen LogP contribution in [-0.4, -0.2) is 105 Å². The zero-order chi connectivity index (χ0) is 30.5. The first kappa shape index (κ1) is 31.2. The molecule has 0 unspecified atom stereocenters. The zero-order valence-corrected chi connectivity index (χ0v) is 26.1. The molecule has 3 saturated heterocycles. The van der Waals surface area contributed by atoms with Crippen molar-refractivity contribution in [3.63, 3.8) is 0 Å². The molecule has 0 aromatic carbocycles. The van der Waals surface area contributed by atoms with Crippen LogP contribution in [0.15, 0.2) is 0 Å². The molecule has 10 heteroatoms.